The molecule has 0 saturated heterocycles. The minimum atomic E-state index is -0.163. The van der Waals surface area contributed by atoms with Gasteiger partial charge in [0.15, 0.2) is 0 Å². The van der Waals surface area contributed by atoms with E-state index in [1.807, 2.05) is 32.5 Å². The zero-order valence-electron chi connectivity index (χ0n) is 16.3. The second-order valence-electron chi connectivity index (χ2n) is 7.68. The van der Waals surface area contributed by atoms with Crippen molar-refractivity contribution in [2.75, 3.05) is 20.6 Å². The molecule has 1 aromatic heterocycles. The molecule has 0 aliphatic heterocycles. The van der Waals surface area contributed by atoms with Gasteiger partial charge in [-0.1, -0.05) is 25.7 Å². The minimum Gasteiger partial charge on any atom is -0.354 e. The van der Waals surface area contributed by atoms with Crippen LogP contribution < -0.4 is 5.32 Å². The van der Waals surface area contributed by atoms with Crippen molar-refractivity contribution in [3.05, 3.63) is 17.0 Å². The van der Waals surface area contributed by atoms with Crippen molar-refractivity contribution in [1.29, 1.82) is 0 Å². The molecule has 1 atom stereocenters. The number of likely N-dealkylation sites (N-methyl/N-ethyl adjacent to an activating group) is 1. The maximum atomic E-state index is 12.8. The van der Waals surface area contributed by atoms with Gasteiger partial charge in [-0.3, -0.25) is 9.48 Å². The zero-order valence-corrected chi connectivity index (χ0v) is 16.3. The number of carbonyl (C=O) groups excluding carboxylic acids is 1. The van der Waals surface area contributed by atoms with Crippen molar-refractivity contribution in [2.24, 2.45) is 7.05 Å². The van der Waals surface area contributed by atoms with Crippen molar-refractivity contribution in [2.45, 2.75) is 70.8 Å². The number of amides is 1. The number of nitrogens with zero attached hydrogens (tertiary/aromatic N) is 3. The van der Waals surface area contributed by atoms with Crippen LogP contribution in [0.4, 0.5) is 0 Å². The smallest absolute Gasteiger partial charge is 0.227 e. The van der Waals surface area contributed by atoms with Crippen LogP contribution in [0.15, 0.2) is 0 Å². The lowest BCUT2D eigenvalue weighted by Gasteiger charge is -2.40. The highest BCUT2D eigenvalue weighted by molar-refractivity contribution is 5.83. The largest absolute Gasteiger partial charge is 0.354 e. The number of hydrogen-bond acceptors (Lipinski definition) is 3. The van der Waals surface area contributed by atoms with Crippen LogP contribution in [0.2, 0.25) is 0 Å². The van der Waals surface area contributed by atoms with Crippen LogP contribution in [0.3, 0.4) is 0 Å². The van der Waals surface area contributed by atoms with E-state index in [0.29, 0.717) is 0 Å². The van der Waals surface area contributed by atoms with Gasteiger partial charge in [0.1, 0.15) is 0 Å². The summed E-state index contributed by atoms with van der Waals surface area (Å²) >= 11 is 0. The first-order valence-electron chi connectivity index (χ1n) is 9.24. The van der Waals surface area contributed by atoms with Crippen molar-refractivity contribution in [1.82, 2.24) is 20.0 Å². The molecule has 0 bridgehead atoms. The molecule has 0 spiro atoms. The Morgan fingerprint density at radius 1 is 1.25 bits per heavy atom. The van der Waals surface area contributed by atoms with Crippen LogP contribution in [-0.4, -0.2) is 46.8 Å². The molecule has 1 heterocycles. The molecular weight excluding hydrogens is 300 g/mol. The quantitative estimate of drug-likeness (QED) is 0.842. The number of hydrogen-bond donors (Lipinski definition) is 1. The van der Waals surface area contributed by atoms with Crippen molar-refractivity contribution < 1.29 is 4.79 Å². The highest BCUT2D eigenvalue weighted by Gasteiger charge is 2.34. The van der Waals surface area contributed by atoms with Crippen LogP contribution in [-0.2, 0) is 11.8 Å². The fraction of sp³-hybridized carbons (Fsp3) is 0.789. The van der Waals surface area contributed by atoms with E-state index in [9.17, 15) is 4.79 Å². The Labute approximate surface area is 146 Å². The molecule has 5 nitrogen and oxygen atoms in total. The summed E-state index contributed by atoms with van der Waals surface area (Å²) < 4.78 is 1.86. The van der Waals surface area contributed by atoms with Gasteiger partial charge >= 0.3 is 0 Å². The standard InChI is InChI=1S/C19H34N4O/c1-14(17-15(2)21-23(6)16(17)3)18(24)20-13-19(22(4)5)11-9-7-8-10-12-19/h14H,7-13H2,1-6H3,(H,20,24). The Bertz CT molecular complexity index is 568. The second kappa shape index (κ2) is 7.68. The van der Waals surface area contributed by atoms with Gasteiger partial charge < -0.3 is 10.2 Å². The van der Waals surface area contributed by atoms with Crippen LogP contribution in [0.1, 0.15) is 68.3 Å². The number of nitrogens with one attached hydrogen (secondary N) is 1. The highest BCUT2D eigenvalue weighted by Crippen LogP contribution is 2.31. The summed E-state index contributed by atoms with van der Waals surface area (Å²) in [5.41, 5.74) is 3.20. The Kier molecular flexibility index (Phi) is 6.07. The monoisotopic (exact) mass is 334 g/mol. The maximum absolute atomic E-state index is 12.8. The summed E-state index contributed by atoms with van der Waals surface area (Å²) in [7, 11) is 6.23. The molecule has 1 unspecified atom stereocenters. The third-order valence-electron chi connectivity index (χ3n) is 5.97. The molecule has 1 aromatic rings. The molecule has 1 N–H and O–H groups in total. The summed E-state index contributed by atoms with van der Waals surface area (Å²) in [5.74, 6) is -0.0524. The number of carbonyl (C=O) groups is 1. The normalized spacial score (nSPS) is 19.1. The molecule has 1 fully saturated rings. The number of aryl methyl sites for hydroxylation is 2. The zero-order chi connectivity index (χ0) is 17.9. The molecule has 0 aromatic carbocycles. The predicted octanol–water partition coefficient (Wildman–Crippen LogP) is 2.91. The molecule has 24 heavy (non-hydrogen) atoms. The van der Waals surface area contributed by atoms with Gasteiger partial charge in [-0.05, 0) is 47.7 Å². The Morgan fingerprint density at radius 3 is 2.29 bits per heavy atom. The topological polar surface area (TPSA) is 50.2 Å². The minimum absolute atomic E-state index is 0.102. The van der Waals surface area contributed by atoms with Gasteiger partial charge in [-0.25, -0.2) is 0 Å². The van der Waals surface area contributed by atoms with Crippen molar-refractivity contribution in [3.8, 4) is 0 Å². The van der Waals surface area contributed by atoms with E-state index >= 15 is 0 Å². The van der Waals surface area contributed by atoms with Crippen LogP contribution in [0, 0.1) is 13.8 Å². The van der Waals surface area contributed by atoms with E-state index in [0.717, 1.165) is 23.5 Å². The summed E-state index contributed by atoms with van der Waals surface area (Å²) in [4.78, 5) is 15.1. The summed E-state index contributed by atoms with van der Waals surface area (Å²) in [6.07, 6.45) is 7.47. The van der Waals surface area contributed by atoms with Gasteiger partial charge in [0.25, 0.3) is 0 Å². The van der Waals surface area contributed by atoms with Crippen molar-refractivity contribution in [3.63, 3.8) is 0 Å². The summed E-state index contributed by atoms with van der Waals surface area (Å²) in [6, 6.07) is 0. The summed E-state index contributed by atoms with van der Waals surface area (Å²) in [5, 5.41) is 7.69. The molecule has 136 valence electrons. The lowest BCUT2D eigenvalue weighted by Crippen LogP contribution is -2.53. The van der Waals surface area contributed by atoms with Crippen LogP contribution >= 0.6 is 0 Å². The SMILES string of the molecule is Cc1nn(C)c(C)c1C(C)C(=O)NCC1(N(C)C)CCCCCC1. The van der Waals surface area contributed by atoms with Crippen molar-refractivity contribution >= 4 is 5.91 Å². The summed E-state index contributed by atoms with van der Waals surface area (Å²) in [6.45, 7) is 6.74. The van der Waals surface area contributed by atoms with Gasteiger partial charge in [0.2, 0.25) is 5.91 Å². The Balaban J connectivity index is 2.07. The fourth-order valence-electron chi connectivity index (χ4n) is 4.12. The van der Waals surface area contributed by atoms with E-state index in [-0.39, 0.29) is 17.4 Å². The maximum Gasteiger partial charge on any atom is 0.227 e. The molecular formula is C19H34N4O. The lowest BCUT2D eigenvalue weighted by molar-refractivity contribution is -0.122. The van der Waals surface area contributed by atoms with Crippen LogP contribution in [0.25, 0.3) is 0 Å². The first kappa shape index (κ1) is 19.0. The molecule has 1 amide bonds. The van der Waals surface area contributed by atoms with E-state index < -0.39 is 0 Å². The first-order valence-corrected chi connectivity index (χ1v) is 9.24. The molecule has 1 aliphatic carbocycles. The van der Waals surface area contributed by atoms with E-state index in [4.69, 9.17) is 0 Å². The number of aromatic nitrogens is 2. The van der Waals surface area contributed by atoms with E-state index in [1.54, 1.807) is 0 Å². The second-order valence-corrected chi connectivity index (χ2v) is 7.68. The average Bonchev–Trinajstić information content (AvgIpc) is 2.73. The third kappa shape index (κ3) is 3.82. The molecule has 1 aliphatic rings. The van der Waals surface area contributed by atoms with E-state index in [2.05, 4.69) is 29.4 Å². The third-order valence-corrected chi connectivity index (χ3v) is 5.97. The van der Waals surface area contributed by atoms with Gasteiger partial charge in [0, 0.05) is 30.4 Å². The Hall–Kier alpha value is -1.36. The predicted molar refractivity (Wildman–Crippen MR) is 98.2 cm³/mol. The van der Waals surface area contributed by atoms with Gasteiger partial charge in [-0.2, -0.15) is 5.10 Å². The van der Waals surface area contributed by atoms with Gasteiger partial charge in [0.05, 0.1) is 11.6 Å². The van der Waals surface area contributed by atoms with Gasteiger partial charge in [-0.15, -0.1) is 0 Å². The van der Waals surface area contributed by atoms with E-state index in [1.165, 1.54) is 38.5 Å². The first-order chi connectivity index (χ1) is 11.3. The lowest BCUT2D eigenvalue weighted by atomic mass is 9.88. The fourth-order valence-corrected chi connectivity index (χ4v) is 4.12. The average molecular weight is 335 g/mol. The van der Waals surface area contributed by atoms with Crippen LogP contribution in [0.5, 0.6) is 0 Å². The molecule has 0 radical (unpaired) electrons. The number of rotatable bonds is 5. The molecule has 2 rings (SSSR count). The highest BCUT2D eigenvalue weighted by atomic mass is 16.1. The molecule has 1 saturated carbocycles. The molecule has 5 heteroatoms. The Morgan fingerprint density at radius 2 is 1.83 bits per heavy atom.